The second-order valence-corrected chi connectivity index (χ2v) is 4.71. The first-order valence-electron chi connectivity index (χ1n) is 6.29. The van der Waals surface area contributed by atoms with Crippen molar-refractivity contribution >= 4 is 11.4 Å². The van der Waals surface area contributed by atoms with Crippen LogP contribution >= 0.6 is 0 Å². The molecule has 1 heterocycles. The summed E-state index contributed by atoms with van der Waals surface area (Å²) in [7, 11) is 0. The molecule has 1 atom stereocenters. The average molecular weight is 273 g/mol. The monoisotopic (exact) mass is 273 g/mol. The van der Waals surface area contributed by atoms with E-state index in [1.165, 1.54) is 17.7 Å². The molecule has 1 aromatic carbocycles. The lowest BCUT2D eigenvalue weighted by atomic mass is 10.2. The lowest BCUT2D eigenvalue weighted by Gasteiger charge is -2.14. The minimum absolute atomic E-state index is 0.0104. The fourth-order valence-corrected chi connectivity index (χ4v) is 2.50. The molecule has 0 fully saturated rings. The van der Waals surface area contributed by atoms with Crippen LogP contribution in [0, 0.1) is 15.9 Å². The second-order valence-electron chi connectivity index (χ2n) is 4.71. The van der Waals surface area contributed by atoms with E-state index >= 15 is 0 Å². The van der Waals surface area contributed by atoms with E-state index in [0.717, 1.165) is 24.6 Å². The number of nitrogens with zero attached hydrogens (tertiary/aromatic N) is 2. The number of nitro benzene ring substituents is 1. The van der Waals surface area contributed by atoms with Gasteiger partial charge in [0.15, 0.2) is 0 Å². The van der Waals surface area contributed by atoms with Crippen molar-refractivity contribution in [2.45, 2.75) is 18.9 Å². The van der Waals surface area contributed by atoms with Gasteiger partial charge in [-0.1, -0.05) is 6.07 Å². The molecule has 1 unspecified atom stereocenters. The summed E-state index contributed by atoms with van der Waals surface area (Å²) in [5.41, 5.74) is 2.15. The fourth-order valence-electron chi connectivity index (χ4n) is 2.50. The molecule has 6 heteroatoms. The van der Waals surface area contributed by atoms with Gasteiger partial charge in [-0.2, -0.15) is 4.39 Å². The number of nitrogens with one attached hydrogen (secondary N) is 1. The minimum atomic E-state index is -0.828. The molecule has 102 valence electrons. The molecule has 0 radical (unpaired) electrons. The molecule has 0 saturated carbocycles. The molecule has 0 aliphatic heterocycles. The first kappa shape index (κ1) is 12.5. The molecule has 5 nitrogen and oxygen atoms in total. The maximum absolute atomic E-state index is 13.3. The van der Waals surface area contributed by atoms with Crippen LogP contribution in [0.5, 0.6) is 0 Å². The highest BCUT2D eigenvalue weighted by molar-refractivity contribution is 5.53. The minimum Gasteiger partial charge on any atom is -0.376 e. The summed E-state index contributed by atoms with van der Waals surface area (Å²) >= 11 is 0. The summed E-state index contributed by atoms with van der Waals surface area (Å²) in [5.74, 6) is -0.828. The topological polar surface area (TPSA) is 68.1 Å². The van der Waals surface area contributed by atoms with Crippen molar-refractivity contribution < 1.29 is 9.31 Å². The third-order valence-corrected chi connectivity index (χ3v) is 3.44. The zero-order valence-corrected chi connectivity index (χ0v) is 10.5. The summed E-state index contributed by atoms with van der Waals surface area (Å²) in [6.45, 7) is 0. The van der Waals surface area contributed by atoms with Gasteiger partial charge in [-0.3, -0.25) is 15.1 Å². The number of aromatic nitrogens is 1. The molecule has 0 amide bonds. The molecule has 1 aliphatic rings. The van der Waals surface area contributed by atoms with Crippen LogP contribution in [0.4, 0.5) is 15.8 Å². The lowest BCUT2D eigenvalue weighted by Crippen LogP contribution is -2.09. The highest BCUT2D eigenvalue weighted by Gasteiger charge is 2.24. The van der Waals surface area contributed by atoms with Gasteiger partial charge in [-0.15, -0.1) is 0 Å². The molecule has 0 saturated heterocycles. The predicted octanol–water partition coefficient (Wildman–Crippen LogP) is 3.23. The van der Waals surface area contributed by atoms with Crippen molar-refractivity contribution in [2.75, 3.05) is 5.32 Å². The largest absolute Gasteiger partial charge is 0.376 e. The second kappa shape index (κ2) is 4.88. The normalized spacial score (nSPS) is 16.8. The van der Waals surface area contributed by atoms with Crippen LogP contribution in [-0.4, -0.2) is 9.91 Å². The molecule has 0 spiro atoms. The number of anilines is 1. The number of aryl methyl sites for hydroxylation is 1. The van der Waals surface area contributed by atoms with Crippen LogP contribution in [0.3, 0.4) is 0 Å². The van der Waals surface area contributed by atoms with E-state index in [0.29, 0.717) is 5.69 Å². The van der Waals surface area contributed by atoms with Crippen LogP contribution in [-0.2, 0) is 6.42 Å². The van der Waals surface area contributed by atoms with E-state index in [4.69, 9.17) is 0 Å². The van der Waals surface area contributed by atoms with Gasteiger partial charge in [0, 0.05) is 18.0 Å². The Morgan fingerprint density at radius 1 is 1.40 bits per heavy atom. The summed E-state index contributed by atoms with van der Waals surface area (Å²) in [6, 6.07) is 7.76. The highest BCUT2D eigenvalue weighted by atomic mass is 19.1. The summed E-state index contributed by atoms with van der Waals surface area (Å²) in [6.07, 6.45) is 3.52. The van der Waals surface area contributed by atoms with E-state index in [-0.39, 0.29) is 6.04 Å². The first-order valence-corrected chi connectivity index (χ1v) is 6.29. The number of hydrogen-bond acceptors (Lipinski definition) is 4. The van der Waals surface area contributed by atoms with Crippen LogP contribution in [0.15, 0.2) is 36.5 Å². The van der Waals surface area contributed by atoms with Gasteiger partial charge in [0.1, 0.15) is 0 Å². The summed E-state index contributed by atoms with van der Waals surface area (Å²) in [5, 5.41) is 13.9. The molecule has 3 rings (SSSR count). The average Bonchev–Trinajstić information content (AvgIpc) is 2.84. The highest BCUT2D eigenvalue weighted by Crippen LogP contribution is 2.33. The van der Waals surface area contributed by atoms with Gasteiger partial charge in [0.25, 0.3) is 0 Å². The molecule has 1 aliphatic carbocycles. The Hall–Kier alpha value is -2.50. The third kappa shape index (κ3) is 2.20. The zero-order chi connectivity index (χ0) is 14.1. The molecular formula is C14H12FN3O2. The van der Waals surface area contributed by atoms with E-state index in [9.17, 15) is 14.5 Å². The lowest BCUT2D eigenvalue weighted by molar-refractivity contribution is -0.387. The van der Waals surface area contributed by atoms with Gasteiger partial charge in [-0.25, -0.2) is 0 Å². The van der Waals surface area contributed by atoms with E-state index in [1.807, 2.05) is 12.1 Å². The van der Waals surface area contributed by atoms with Gasteiger partial charge in [-0.05, 0) is 36.6 Å². The number of halogens is 1. The maximum Gasteiger partial charge on any atom is 0.306 e. The molecular weight excluding hydrogens is 261 g/mol. The Labute approximate surface area is 114 Å². The van der Waals surface area contributed by atoms with Gasteiger partial charge in [0.05, 0.1) is 16.7 Å². The molecule has 0 bridgehead atoms. The Morgan fingerprint density at radius 3 is 3.05 bits per heavy atom. The number of pyridine rings is 1. The number of benzene rings is 1. The van der Waals surface area contributed by atoms with Gasteiger partial charge >= 0.3 is 5.69 Å². The number of nitro groups is 1. The Morgan fingerprint density at radius 2 is 2.25 bits per heavy atom. The third-order valence-electron chi connectivity index (χ3n) is 3.44. The Kier molecular flexibility index (Phi) is 3.06. The van der Waals surface area contributed by atoms with Crippen LogP contribution in [0.25, 0.3) is 0 Å². The number of fused-ring (bicyclic) bond motifs is 1. The van der Waals surface area contributed by atoms with Crippen LogP contribution < -0.4 is 5.32 Å². The van der Waals surface area contributed by atoms with E-state index < -0.39 is 16.4 Å². The predicted molar refractivity (Wildman–Crippen MR) is 72.0 cm³/mol. The number of rotatable bonds is 3. The van der Waals surface area contributed by atoms with E-state index in [2.05, 4.69) is 10.3 Å². The zero-order valence-electron chi connectivity index (χ0n) is 10.5. The van der Waals surface area contributed by atoms with Crippen molar-refractivity contribution in [1.29, 1.82) is 0 Å². The summed E-state index contributed by atoms with van der Waals surface area (Å²) in [4.78, 5) is 14.4. The molecule has 1 N–H and O–H groups in total. The standard InChI is InChI=1S/C14H12FN3O2/c15-11-5-4-10(8-13(11)18(19)20)17-12-6-3-9-2-1-7-16-14(9)12/h1-2,4-5,7-8,12,17H,3,6H2. The van der Waals surface area contributed by atoms with Gasteiger partial charge in [0.2, 0.25) is 5.82 Å². The smallest absolute Gasteiger partial charge is 0.306 e. The Bertz CT molecular complexity index is 675. The van der Waals surface area contributed by atoms with Crippen molar-refractivity contribution in [3.05, 3.63) is 63.7 Å². The van der Waals surface area contributed by atoms with Crippen molar-refractivity contribution in [3.63, 3.8) is 0 Å². The van der Waals surface area contributed by atoms with Crippen molar-refractivity contribution in [1.82, 2.24) is 4.98 Å². The van der Waals surface area contributed by atoms with Crippen LogP contribution in [0.1, 0.15) is 23.7 Å². The molecule has 2 aromatic rings. The number of hydrogen-bond donors (Lipinski definition) is 1. The Balaban J connectivity index is 1.86. The molecule has 1 aromatic heterocycles. The van der Waals surface area contributed by atoms with Crippen molar-refractivity contribution in [3.8, 4) is 0 Å². The fraction of sp³-hybridized carbons (Fsp3) is 0.214. The SMILES string of the molecule is O=[N+]([O-])c1cc(NC2CCc3cccnc32)ccc1F. The summed E-state index contributed by atoms with van der Waals surface area (Å²) < 4.78 is 13.3. The van der Waals surface area contributed by atoms with E-state index in [1.54, 1.807) is 6.20 Å². The molecule has 20 heavy (non-hydrogen) atoms. The van der Waals surface area contributed by atoms with Gasteiger partial charge < -0.3 is 5.32 Å². The van der Waals surface area contributed by atoms with Crippen molar-refractivity contribution in [2.24, 2.45) is 0 Å². The quantitative estimate of drug-likeness (QED) is 0.688. The van der Waals surface area contributed by atoms with Crippen LogP contribution in [0.2, 0.25) is 0 Å². The first-order chi connectivity index (χ1) is 9.65. The maximum atomic E-state index is 13.3.